The van der Waals surface area contributed by atoms with E-state index in [1.807, 2.05) is 49.4 Å². The molecule has 0 aliphatic carbocycles. The van der Waals surface area contributed by atoms with Crippen LogP contribution in [-0.4, -0.2) is 48.6 Å². The second kappa shape index (κ2) is 8.16. The molecule has 0 aliphatic rings. The van der Waals surface area contributed by atoms with Gasteiger partial charge in [-0.25, -0.2) is 4.98 Å². The Morgan fingerprint density at radius 1 is 1.16 bits per heavy atom. The molecule has 0 fully saturated rings. The summed E-state index contributed by atoms with van der Waals surface area (Å²) >= 11 is 0. The first-order chi connectivity index (χ1) is 14.9. The molecule has 1 amide bonds. The summed E-state index contributed by atoms with van der Waals surface area (Å²) in [4.78, 5) is 22.8. The van der Waals surface area contributed by atoms with Crippen LogP contribution in [0.3, 0.4) is 0 Å². The molecule has 0 spiro atoms. The monoisotopic (exact) mass is 416 g/mol. The number of carbonyl (C=O) groups is 1. The molecule has 1 atom stereocenters. The van der Waals surface area contributed by atoms with E-state index in [4.69, 9.17) is 10.7 Å². The van der Waals surface area contributed by atoms with E-state index in [2.05, 4.69) is 10.1 Å². The highest BCUT2D eigenvalue weighted by Gasteiger charge is 2.20. The smallest absolute Gasteiger partial charge is 0.251 e. The van der Waals surface area contributed by atoms with Crippen LogP contribution in [0.5, 0.6) is 0 Å². The highest BCUT2D eigenvalue weighted by atomic mass is 16.3. The first-order valence-electron chi connectivity index (χ1n) is 9.94. The number of hydrogen-bond donors (Lipinski definition) is 2. The average Bonchev–Trinajstić information content (AvgIpc) is 3.20. The summed E-state index contributed by atoms with van der Waals surface area (Å²) in [5.41, 5.74) is 12.0. The average molecular weight is 416 g/mol. The van der Waals surface area contributed by atoms with Gasteiger partial charge in [-0.1, -0.05) is 36.4 Å². The van der Waals surface area contributed by atoms with E-state index < -0.39 is 6.10 Å². The summed E-state index contributed by atoms with van der Waals surface area (Å²) < 4.78 is 1.57. The van der Waals surface area contributed by atoms with Gasteiger partial charge in [-0.3, -0.25) is 9.78 Å². The first kappa shape index (κ1) is 20.5. The van der Waals surface area contributed by atoms with Gasteiger partial charge in [0.05, 0.1) is 18.4 Å². The van der Waals surface area contributed by atoms with Gasteiger partial charge in [0.15, 0.2) is 5.65 Å². The van der Waals surface area contributed by atoms with Crippen molar-refractivity contribution in [3.63, 3.8) is 0 Å². The topological polar surface area (TPSA) is 110 Å². The standard InChI is InChI=1S/C23H24N6O2/c1-14-19(13-28(3)23(31)15(2)30)21(24)29-22(27-14)18(12-26-29)17-9-10-20(25-11-17)16-7-5-4-6-8-16/h4-12,15,30H,13,24H2,1-3H3/t15-/m1/s1. The quantitative estimate of drug-likeness (QED) is 0.518. The lowest BCUT2D eigenvalue weighted by atomic mass is 10.1. The number of aromatic nitrogens is 4. The lowest BCUT2D eigenvalue weighted by molar-refractivity contribution is -0.138. The molecule has 158 valence electrons. The minimum atomic E-state index is -1.08. The van der Waals surface area contributed by atoms with Gasteiger partial charge in [0.1, 0.15) is 11.9 Å². The van der Waals surface area contributed by atoms with Crippen molar-refractivity contribution in [1.29, 1.82) is 0 Å². The Balaban J connectivity index is 1.69. The number of nitrogens with two attached hydrogens (primary N) is 1. The van der Waals surface area contributed by atoms with Gasteiger partial charge >= 0.3 is 0 Å². The number of fused-ring (bicyclic) bond motifs is 1. The fraction of sp³-hybridized carbons (Fsp3) is 0.217. The number of aryl methyl sites for hydroxylation is 1. The summed E-state index contributed by atoms with van der Waals surface area (Å²) in [6, 6.07) is 13.9. The molecule has 0 unspecified atom stereocenters. The Bertz CT molecular complexity index is 1230. The SMILES string of the molecule is Cc1nc2c(-c3ccc(-c4ccccc4)nc3)cnn2c(N)c1CN(C)C(=O)[C@@H](C)O. The number of benzene rings is 1. The number of likely N-dealkylation sites (N-methyl/N-ethyl adjacent to an activating group) is 1. The Kier molecular flexibility index (Phi) is 5.39. The predicted octanol–water partition coefficient (Wildman–Crippen LogP) is 2.69. The third-order valence-corrected chi connectivity index (χ3v) is 5.26. The van der Waals surface area contributed by atoms with Gasteiger partial charge < -0.3 is 15.7 Å². The minimum absolute atomic E-state index is 0.229. The van der Waals surface area contributed by atoms with Crippen LogP contribution in [0.2, 0.25) is 0 Å². The van der Waals surface area contributed by atoms with Crippen LogP contribution in [0.15, 0.2) is 54.9 Å². The highest BCUT2D eigenvalue weighted by molar-refractivity contribution is 5.81. The van der Waals surface area contributed by atoms with Crippen molar-refractivity contribution in [2.75, 3.05) is 12.8 Å². The molecule has 3 heterocycles. The second-order valence-electron chi connectivity index (χ2n) is 7.52. The molecule has 31 heavy (non-hydrogen) atoms. The number of pyridine rings is 1. The molecule has 0 aliphatic heterocycles. The van der Waals surface area contributed by atoms with Gasteiger partial charge in [-0.15, -0.1) is 0 Å². The molecule has 3 aromatic heterocycles. The Morgan fingerprint density at radius 3 is 2.55 bits per heavy atom. The van der Waals surface area contributed by atoms with Crippen molar-refractivity contribution < 1.29 is 9.90 Å². The molecule has 0 saturated heterocycles. The van der Waals surface area contributed by atoms with Crippen molar-refractivity contribution >= 4 is 17.4 Å². The molecule has 4 aromatic rings. The van der Waals surface area contributed by atoms with Crippen LogP contribution in [0, 0.1) is 6.92 Å². The fourth-order valence-corrected chi connectivity index (χ4v) is 3.53. The zero-order valence-electron chi connectivity index (χ0n) is 17.6. The molecule has 1 aromatic carbocycles. The van der Waals surface area contributed by atoms with Crippen LogP contribution in [0.4, 0.5) is 5.82 Å². The maximum absolute atomic E-state index is 12.0. The number of amides is 1. The molecule has 0 radical (unpaired) electrons. The molecule has 0 saturated carbocycles. The van der Waals surface area contributed by atoms with Crippen molar-refractivity contribution in [2.45, 2.75) is 26.5 Å². The molecular weight excluding hydrogens is 392 g/mol. The van der Waals surface area contributed by atoms with Crippen LogP contribution < -0.4 is 5.73 Å². The van der Waals surface area contributed by atoms with Gasteiger partial charge in [-0.05, 0) is 19.9 Å². The number of nitrogen functional groups attached to an aromatic ring is 1. The van der Waals surface area contributed by atoms with E-state index in [0.29, 0.717) is 22.7 Å². The Morgan fingerprint density at radius 2 is 1.90 bits per heavy atom. The summed E-state index contributed by atoms with van der Waals surface area (Å²) in [5, 5.41) is 14.0. The first-order valence-corrected chi connectivity index (χ1v) is 9.94. The molecule has 4 rings (SSSR count). The van der Waals surface area contributed by atoms with Crippen molar-refractivity contribution in [2.24, 2.45) is 0 Å². The van der Waals surface area contributed by atoms with Crippen molar-refractivity contribution in [3.8, 4) is 22.4 Å². The second-order valence-corrected chi connectivity index (χ2v) is 7.52. The number of aliphatic hydroxyl groups excluding tert-OH is 1. The van der Waals surface area contributed by atoms with Gasteiger partial charge in [0.25, 0.3) is 5.91 Å². The number of carbonyl (C=O) groups excluding carboxylic acids is 1. The third-order valence-electron chi connectivity index (χ3n) is 5.26. The summed E-state index contributed by atoms with van der Waals surface area (Å²) in [5.74, 6) is 0.0255. The molecule has 0 bridgehead atoms. The number of nitrogens with zero attached hydrogens (tertiary/aromatic N) is 5. The molecular formula is C23H24N6O2. The maximum Gasteiger partial charge on any atom is 0.251 e. The molecule has 8 nitrogen and oxygen atoms in total. The minimum Gasteiger partial charge on any atom is -0.384 e. The van der Waals surface area contributed by atoms with Gasteiger partial charge in [-0.2, -0.15) is 9.61 Å². The largest absolute Gasteiger partial charge is 0.384 e. The van der Waals surface area contributed by atoms with Crippen LogP contribution in [-0.2, 0) is 11.3 Å². The van der Waals surface area contributed by atoms with E-state index in [1.54, 1.807) is 24.0 Å². The van der Waals surface area contributed by atoms with E-state index >= 15 is 0 Å². The normalized spacial score (nSPS) is 12.1. The lowest BCUT2D eigenvalue weighted by Gasteiger charge is -2.21. The summed E-state index contributed by atoms with van der Waals surface area (Å²) in [6.45, 7) is 3.51. The summed E-state index contributed by atoms with van der Waals surface area (Å²) in [7, 11) is 1.62. The van der Waals surface area contributed by atoms with Crippen LogP contribution >= 0.6 is 0 Å². The van der Waals surface area contributed by atoms with Crippen LogP contribution in [0.25, 0.3) is 28.0 Å². The number of anilines is 1. The maximum atomic E-state index is 12.0. The number of hydrogen-bond acceptors (Lipinski definition) is 6. The van der Waals surface area contributed by atoms with Crippen LogP contribution in [0.1, 0.15) is 18.2 Å². The highest BCUT2D eigenvalue weighted by Crippen LogP contribution is 2.28. The van der Waals surface area contributed by atoms with Crippen molar-refractivity contribution in [1.82, 2.24) is 24.5 Å². The third kappa shape index (κ3) is 3.85. The number of aliphatic hydroxyl groups is 1. The van der Waals surface area contributed by atoms with Gasteiger partial charge in [0.2, 0.25) is 0 Å². The molecule has 3 N–H and O–H groups in total. The molecule has 8 heteroatoms. The Hall–Kier alpha value is -3.78. The lowest BCUT2D eigenvalue weighted by Crippen LogP contribution is -2.34. The number of rotatable bonds is 5. The Labute approximate surface area is 180 Å². The van der Waals surface area contributed by atoms with Gasteiger partial charge in [0, 0.05) is 41.2 Å². The summed E-state index contributed by atoms with van der Waals surface area (Å²) in [6.07, 6.45) is 2.44. The predicted molar refractivity (Wildman–Crippen MR) is 119 cm³/mol. The fourth-order valence-electron chi connectivity index (χ4n) is 3.53. The van der Waals surface area contributed by atoms with Crippen molar-refractivity contribution in [3.05, 3.63) is 66.1 Å². The zero-order valence-corrected chi connectivity index (χ0v) is 17.6. The van der Waals surface area contributed by atoms with E-state index in [-0.39, 0.29) is 12.5 Å². The van der Waals surface area contributed by atoms with E-state index in [9.17, 15) is 9.90 Å². The zero-order chi connectivity index (χ0) is 22.1. The van der Waals surface area contributed by atoms with E-state index in [1.165, 1.54) is 11.8 Å². The van der Waals surface area contributed by atoms with E-state index in [0.717, 1.165) is 22.4 Å².